The quantitative estimate of drug-likeness (QED) is 0.635. The smallest absolute Gasteiger partial charge is 0.246 e. The number of hydrogen-bond donors (Lipinski definition) is 0. The standard InChI is InChI=1S/C18H20N6O3S/c1-27-15-4-2-3-5-16(15)28(25,26)24-10-8-22(9-11-24)17-12-18(21-13-20-17)23-7-6-19-14-23/h2-7,12-14H,8-11H2,1H3. The maximum atomic E-state index is 13.0. The van der Waals surface area contributed by atoms with Gasteiger partial charge in [-0.15, -0.1) is 0 Å². The Balaban J connectivity index is 1.50. The van der Waals surface area contributed by atoms with Gasteiger partial charge >= 0.3 is 0 Å². The largest absolute Gasteiger partial charge is 0.495 e. The second kappa shape index (κ2) is 7.56. The molecule has 0 amide bonds. The summed E-state index contributed by atoms with van der Waals surface area (Å²) in [4.78, 5) is 14.9. The predicted octanol–water partition coefficient (Wildman–Crippen LogP) is 1.18. The Morgan fingerprint density at radius 1 is 1.04 bits per heavy atom. The van der Waals surface area contributed by atoms with E-state index in [2.05, 4.69) is 19.9 Å². The zero-order valence-corrected chi connectivity index (χ0v) is 16.2. The molecule has 1 fully saturated rings. The molecule has 3 aromatic rings. The molecule has 0 aliphatic carbocycles. The van der Waals surface area contributed by atoms with E-state index in [0.717, 1.165) is 5.82 Å². The monoisotopic (exact) mass is 400 g/mol. The Morgan fingerprint density at radius 3 is 2.50 bits per heavy atom. The first-order chi connectivity index (χ1) is 13.6. The lowest BCUT2D eigenvalue weighted by Gasteiger charge is -2.34. The number of sulfonamides is 1. The molecule has 0 N–H and O–H groups in total. The van der Waals surface area contributed by atoms with E-state index in [-0.39, 0.29) is 4.90 Å². The highest BCUT2D eigenvalue weighted by Gasteiger charge is 2.31. The van der Waals surface area contributed by atoms with E-state index >= 15 is 0 Å². The predicted molar refractivity (Wildman–Crippen MR) is 103 cm³/mol. The molecule has 2 aromatic heterocycles. The van der Waals surface area contributed by atoms with E-state index in [1.54, 1.807) is 41.4 Å². The molecule has 0 spiro atoms. The van der Waals surface area contributed by atoms with Crippen molar-refractivity contribution >= 4 is 15.8 Å². The minimum atomic E-state index is -3.62. The molecule has 9 nitrogen and oxygen atoms in total. The van der Waals surface area contributed by atoms with Crippen LogP contribution in [-0.2, 0) is 10.0 Å². The zero-order valence-electron chi connectivity index (χ0n) is 15.3. The zero-order chi connectivity index (χ0) is 19.6. The highest BCUT2D eigenvalue weighted by Crippen LogP contribution is 2.27. The van der Waals surface area contributed by atoms with Crippen LogP contribution in [0, 0.1) is 0 Å². The van der Waals surface area contributed by atoms with Crippen molar-refractivity contribution in [1.82, 2.24) is 23.8 Å². The molecule has 0 unspecified atom stereocenters. The Morgan fingerprint density at radius 2 is 1.79 bits per heavy atom. The summed E-state index contributed by atoms with van der Waals surface area (Å²) in [7, 11) is -2.15. The number of imidazole rings is 1. The van der Waals surface area contributed by atoms with Gasteiger partial charge in [-0.2, -0.15) is 4.31 Å². The van der Waals surface area contributed by atoms with Gasteiger partial charge in [0.15, 0.2) is 0 Å². The van der Waals surface area contributed by atoms with E-state index in [1.807, 2.05) is 12.3 Å². The number of rotatable bonds is 5. The van der Waals surface area contributed by atoms with Crippen LogP contribution in [0.4, 0.5) is 5.82 Å². The SMILES string of the molecule is COc1ccccc1S(=O)(=O)N1CCN(c2cc(-n3ccnc3)ncn2)CC1. The van der Waals surface area contributed by atoms with Crippen LogP contribution in [-0.4, -0.2) is 65.5 Å². The van der Waals surface area contributed by atoms with Gasteiger partial charge in [0, 0.05) is 44.6 Å². The van der Waals surface area contributed by atoms with Crippen molar-refractivity contribution in [2.75, 3.05) is 38.2 Å². The molecule has 1 aliphatic rings. The fourth-order valence-corrected chi connectivity index (χ4v) is 4.75. The highest BCUT2D eigenvalue weighted by molar-refractivity contribution is 7.89. The fourth-order valence-electron chi connectivity index (χ4n) is 3.17. The molecule has 3 heterocycles. The van der Waals surface area contributed by atoms with Gasteiger partial charge in [0.2, 0.25) is 10.0 Å². The van der Waals surface area contributed by atoms with Gasteiger partial charge in [0.25, 0.3) is 0 Å². The number of ether oxygens (including phenoxy) is 1. The van der Waals surface area contributed by atoms with Crippen LogP contribution in [0.1, 0.15) is 0 Å². The molecule has 0 bridgehead atoms. The van der Waals surface area contributed by atoms with E-state index in [9.17, 15) is 8.42 Å². The number of piperazine rings is 1. The van der Waals surface area contributed by atoms with E-state index < -0.39 is 10.0 Å². The third-order valence-corrected chi connectivity index (χ3v) is 6.59. The van der Waals surface area contributed by atoms with Gasteiger partial charge in [0.05, 0.1) is 7.11 Å². The maximum Gasteiger partial charge on any atom is 0.246 e. The summed E-state index contributed by atoms with van der Waals surface area (Å²) in [5.74, 6) is 1.82. The number of methoxy groups -OCH3 is 1. The van der Waals surface area contributed by atoms with E-state index in [0.29, 0.717) is 37.7 Å². The minimum absolute atomic E-state index is 0.190. The van der Waals surface area contributed by atoms with Crippen molar-refractivity contribution in [3.05, 3.63) is 55.4 Å². The van der Waals surface area contributed by atoms with Crippen molar-refractivity contribution in [3.63, 3.8) is 0 Å². The summed E-state index contributed by atoms with van der Waals surface area (Å²) >= 11 is 0. The summed E-state index contributed by atoms with van der Waals surface area (Å²) < 4.78 is 34.5. The average Bonchev–Trinajstić information content (AvgIpc) is 3.29. The van der Waals surface area contributed by atoms with Crippen molar-refractivity contribution in [2.45, 2.75) is 4.90 Å². The first-order valence-electron chi connectivity index (χ1n) is 8.78. The van der Waals surface area contributed by atoms with Gasteiger partial charge in [-0.1, -0.05) is 12.1 Å². The second-order valence-electron chi connectivity index (χ2n) is 6.25. The first kappa shape index (κ1) is 18.4. The molecular weight excluding hydrogens is 380 g/mol. The van der Waals surface area contributed by atoms with Gasteiger partial charge in [-0.3, -0.25) is 4.57 Å². The molecule has 10 heteroatoms. The fraction of sp³-hybridized carbons (Fsp3) is 0.278. The Labute approximate surface area is 163 Å². The summed E-state index contributed by atoms with van der Waals surface area (Å²) in [5, 5.41) is 0. The lowest BCUT2D eigenvalue weighted by atomic mass is 10.3. The third-order valence-electron chi connectivity index (χ3n) is 4.66. The van der Waals surface area contributed by atoms with Crippen LogP contribution >= 0.6 is 0 Å². The number of nitrogens with zero attached hydrogens (tertiary/aromatic N) is 6. The molecule has 0 atom stereocenters. The Kier molecular flexibility index (Phi) is 4.97. The van der Waals surface area contributed by atoms with Crippen molar-refractivity contribution in [1.29, 1.82) is 0 Å². The number of aromatic nitrogens is 4. The van der Waals surface area contributed by atoms with Gasteiger partial charge in [-0.05, 0) is 12.1 Å². The van der Waals surface area contributed by atoms with Crippen molar-refractivity contribution < 1.29 is 13.2 Å². The number of anilines is 1. The number of hydrogen-bond acceptors (Lipinski definition) is 7. The van der Waals surface area contributed by atoms with Crippen LogP contribution in [0.3, 0.4) is 0 Å². The van der Waals surface area contributed by atoms with Gasteiger partial charge in [0.1, 0.15) is 34.9 Å². The Bertz CT molecular complexity index is 1050. The van der Waals surface area contributed by atoms with Crippen molar-refractivity contribution in [3.8, 4) is 11.6 Å². The molecule has 0 saturated carbocycles. The number of para-hydroxylation sites is 1. The van der Waals surface area contributed by atoms with Crippen molar-refractivity contribution in [2.24, 2.45) is 0 Å². The van der Waals surface area contributed by atoms with Gasteiger partial charge in [-0.25, -0.2) is 23.4 Å². The summed E-state index contributed by atoms with van der Waals surface area (Å²) in [6, 6.07) is 8.54. The topological polar surface area (TPSA) is 93.5 Å². The summed E-state index contributed by atoms with van der Waals surface area (Å²) in [5.41, 5.74) is 0. The van der Waals surface area contributed by atoms with Crippen LogP contribution in [0.5, 0.6) is 5.75 Å². The minimum Gasteiger partial charge on any atom is -0.495 e. The lowest BCUT2D eigenvalue weighted by Crippen LogP contribution is -2.49. The molecule has 28 heavy (non-hydrogen) atoms. The first-order valence-corrected chi connectivity index (χ1v) is 10.2. The van der Waals surface area contributed by atoms with Crippen LogP contribution in [0.25, 0.3) is 5.82 Å². The number of benzene rings is 1. The van der Waals surface area contributed by atoms with E-state index in [4.69, 9.17) is 4.74 Å². The average molecular weight is 400 g/mol. The highest BCUT2D eigenvalue weighted by atomic mass is 32.2. The van der Waals surface area contributed by atoms with Crippen LogP contribution < -0.4 is 9.64 Å². The molecule has 4 rings (SSSR count). The van der Waals surface area contributed by atoms with Crippen LogP contribution in [0.2, 0.25) is 0 Å². The third kappa shape index (κ3) is 3.43. The molecular formula is C18H20N6O3S. The lowest BCUT2D eigenvalue weighted by molar-refractivity contribution is 0.373. The second-order valence-corrected chi connectivity index (χ2v) is 8.15. The molecule has 1 saturated heterocycles. The van der Waals surface area contributed by atoms with Gasteiger partial charge < -0.3 is 9.64 Å². The van der Waals surface area contributed by atoms with E-state index in [1.165, 1.54) is 17.7 Å². The molecule has 1 aromatic carbocycles. The normalized spacial score (nSPS) is 15.5. The molecule has 0 radical (unpaired) electrons. The Hall–Kier alpha value is -2.98. The van der Waals surface area contributed by atoms with Crippen LogP contribution in [0.15, 0.2) is 60.3 Å². The molecule has 146 valence electrons. The maximum absolute atomic E-state index is 13.0. The summed E-state index contributed by atoms with van der Waals surface area (Å²) in [6.07, 6.45) is 6.67. The summed E-state index contributed by atoms with van der Waals surface area (Å²) in [6.45, 7) is 1.80. The molecule has 1 aliphatic heterocycles.